The van der Waals surface area contributed by atoms with Crippen LogP contribution in [-0.4, -0.2) is 15.0 Å². The first-order valence-electron chi connectivity index (χ1n) is 17.3. The smallest absolute Gasteiger partial charge is 0.164 e. The standard InChI is InChI=1S/C47H27N3O2/c1-3-10-28(11-4-1)45-48-46(29-12-5-2-6-13-29)50-47(49-45)37-16-9-17-40-44(37)39-24-35-22-32(18-19-34(35)27-43(39)51-40)33-20-21-36-38-23-30-14-7-8-15-31(30)25-42(38)52-41(36)26-33/h1-27H. The fourth-order valence-corrected chi connectivity index (χ4v) is 7.51. The van der Waals surface area contributed by atoms with Gasteiger partial charge in [-0.15, -0.1) is 0 Å². The van der Waals surface area contributed by atoms with Crippen molar-refractivity contribution >= 4 is 65.4 Å². The molecule has 0 fully saturated rings. The Balaban J connectivity index is 1.07. The summed E-state index contributed by atoms with van der Waals surface area (Å²) in [7, 11) is 0. The van der Waals surface area contributed by atoms with Crippen LogP contribution in [0.3, 0.4) is 0 Å². The Bertz CT molecular complexity index is 3120. The number of benzene rings is 8. The minimum atomic E-state index is 0.599. The Morgan fingerprint density at radius 2 is 0.865 bits per heavy atom. The molecule has 0 aliphatic heterocycles. The van der Waals surface area contributed by atoms with E-state index in [-0.39, 0.29) is 0 Å². The number of hydrogen-bond acceptors (Lipinski definition) is 5. The van der Waals surface area contributed by atoms with Crippen molar-refractivity contribution in [1.29, 1.82) is 0 Å². The second-order valence-corrected chi connectivity index (χ2v) is 13.2. The molecule has 5 heteroatoms. The van der Waals surface area contributed by atoms with Crippen molar-refractivity contribution in [2.45, 2.75) is 0 Å². The molecular formula is C47H27N3O2. The predicted octanol–water partition coefficient (Wildman–Crippen LogP) is 12.6. The molecule has 0 saturated heterocycles. The van der Waals surface area contributed by atoms with Crippen LogP contribution in [0.15, 0.2) is 173 Å². The molecule has 11 aromatic rings. The highest BCUT2D eigenvalue weighted by atomic mass is 16.3. The van der Waals surface area contributed by atoms with Gasteiger partial charge in [0.1, 0.15) is 22.3 Å². The Morgan fingerprint density at radius 1 is 0.308 bits per heavy atom. The van der Waals surface area contributed by atoms with Gasteiger partial charge in [-0.3, -0.25) is 0 Å². The molecular weight excluding hydrogens is 639 g/mol. The lowest BCUT2D eigenvalue weighted by atomic mass is 9.98. The second-order valence-electron chi connectivity index (χ2n) is 13.2. The van der Waals surface area contributed by atoms with Crippen molar-refractivity contribution in [2.24, 2.45) is 0 Å². The molecule has 0 amide bonds. The van der Waals surface area contributed by atoms with E-state index in [0.717, 1.165) is 82.5 Å². The van der Waals surface area contributed by atoms with E-state index in [1.807, 2.05) is 72.8 Å². The van der Waals surface area contributed by atoms with Crippen molar-refractivity contribution in [3.8, 4) is 45.3 Å². The molecule has 0 spiro atoms. The third kappa shape index (κ3) is 4.60. The largest absolute Gasteiger partial charge is 0.456 e. The van der Waals surface area contributed by atoms with E-state index < -0.39 is 0 Å². The van der Waals surface area contributed by atoms with Gasteiger partial charge in [0, 0.05) is 38.2 Å². The van der Waals surface area contributed by atoms with Crippen molar-refractivity contribution < 1.29 is 8.83 Å². The molecule has 5 nitrogen and oxygen atoms in total. The van der Waals surface area contributed by atoms with Gasteiger partial charge in [-0.05, 0) is 81.2 Å². The average molecular weight is 666 g/mol. The summed E-state index contributed by atoms with van der Waals surface area (Å²) >= 11 is 0. The molecule has 0 aliphatic carbocycles. The van der Waals surface area contributed by atoms with Gasteiger partial charge in [0.05, 0.1) is 0 Å². The minimum Gasteiger partial charge on any atom is -0.456 e. The van der Waals surface area contributed by atoms with Crippen molar-refractivity contribution in [1.82, 2.24) is 15.0 Å². The predicted molar refractivity (Wildman–Crippen MR) is 211 cm³/mol. The van der Waals surface area contributed by atoms with Gasteiger partial charge in [0.15, 0.2) is 17.5 Å². The molecule has 52 heavy (non-hydrogen) atoms. The monoisotopic (exact) mass is 665 g/mol. The molecule has 3 aromatic heterocycles. The lowest BCUT2D eigenvalue weighted by Crippen LogP contribution is -2.00. The van der Waals surface area contributed by atoms with Crippen LogP contribution in [0.5, 0.6) is 0 Å². The molecule has 0 aliphatic rings. The molecule has 11 rings (SSSR count). The Kier molecular flexibility index (Phi) is 6.18. The number of aromatic nitrogens is 3. The van der Waals surface area contributed by atoms with Crippen molar-refractivity contribution in [3.63, 3.8) is 0 Å². The van der Waals surface area contributed by atoms with Crippen LogP contribution in [0, 0.1) is 0 Å². The van der Waals surface area contributed by atoms with E-state index in [0.29, 0.717) is 17.5 Å². The Morgan fingerprint density at radius 3 is 1.62 bits per heavy atom. The first-order valence-corrected chi connectivity index (χ1v) is 17.3. The van der Waals surface area contributed by atoms with Gasteiger partial charge < -0.3 is 8.83 Å². The minimum absolute atomic E-state index is 0.599. The van der Waals surface area contributed by atoms with Gasteiger partial charge in [-0.1, -0.05) is 115 Å². The summed E-state index contributed by atoms with van der Waals surface area (Å²) in [6.07, 6.45) is 0. The van der Waals surface area contributed by atoms with Crippen LogP contribution in [0.25, 0.3) is 111 Å². The van der Waals surface area contributed by atoms with Gasteiger partial charge in [-0.25, -0.2) is 15.0 Å². The molecule has 0 N–H and O–H groups in total. The summed E-state index contributed by atoms with van der Waals surface area (Å²) in [5, 5.41) is 8.84. The fourth-order valence-electron chi connectivity index (χ4n) is 7.51. The van der Waals surface area contributed by atoms with Gasteiger partial charge in [0.25, 0.3) is 0 Å². The second kappa shape index (κ2) is 11.2. The number of fused-ring (bicyclic) bond motifs is 8. The topological polar surface area (TPSA) is 65.0 Å². The SMILES string of the molecule is c1ccc(-c2nc(-c3ccccc3)nc(-c3cccc4oc5cc6ccc(-c7ccc8c(c7)oc7cc9ccccc9cc78)cc6cc5c34)n2)cc1. The van der Waals surface area contributed by atoms with E-state index in [2.05, 4.69) is 91.0 Å². The first-order chi connectivity index (χ1) is 25.7. The number of furan rings is 2. The highest BCUT2D eigenvalue weighted by Gasteiger charge is 2.19. The van der Waals surface area contributed by atoms with Gasteiger partial charge >= 0.3 is 0 Å². The fraction of sp³-hybridized carbons (Fsp3) is 0. The molecule has 8 aromatic carbocycles. The quantitative estimate of drug-likeness (QED) is 0.187. The maximum atomic E-state index is 6.49. The van der Waals surface area contributed by atoms with Crippen LogP contribution < -0.4 is 0 Å². The van der Waals surface area contributed by atoms with Gasteiger partial charge in [-0.2, -0.15) is 0 Å². The summed E-state index contributed by atoms with van der Waals surface area (Å²) < 4.78 is 12.9. The van der Waals surface area contributed by atoms with E-state index in [1.54, 1.807) is 0 Å². The molecule has 0 unspecified atom stereocenters. The zero-order valence-corrected chi connectivity index (χ0v) is 27.7. The van der Waals surface area contributed by atoms with E-state index in [4.69, 9.17) is 23.8 Å². The average Bonchev–Trinajstić information content (AvgIpc) is 3.76. The Hall–Kier alpha value is -7.11. The summed E-state index contributed by atoms with van der Waals surface area (Å²) in [4.78, 5) is 15.0. The Labute approximate surface area is 297 Å². The lowest BCUT2D eigenvalue weighted by molar-refractivity contribution is 0.669. The highest BCUT2D eigenvalue weighted by Crippen LogP contribution is 2.40. The number of rotatable bonds is 4. The lowest BCUT2D eigenvalue weighted by Gasteiger charge is -2.09. The van der Waals surface area contributed by atoms with E-state index in [1.165, 1.54) is 10.8 Å². The summed E-state index contributed by atoms with van der Waals surface area (Å²) in [6.45, 7) is 0. The van der Waals surface area contributed by atoms with Gasteiger partial charge in [0.2, 0.25) is 0 Å². The molecule has 242 valence electrons. The first kappa shape index (κ1) is 28.7. The maximum absolute atomic E-state index is 6.49. The van der Waals surface area contributed by atoms with Crippen molar-refractivity contribution in [2.75, 3.05) is 0 Å². The molecule has 0 atom stereocenters. The number of nitrogens with zero attached hydrogens (tertiary/aromatic N) is 3. The third-order valence-corrected chi connectivity index (χ3v) is 10.1. The molecule has 0 saturated carbocycles. The van der Waals surface area contributed by atoms with Crippen molar-refractivity contribution in [3.05, 3.63) is 164 Å². The summed E-state index contributed by atoms with van der Waals surface area (Å²) in [6, 6.07) is 56.4. The van der Waals surface area contributed by atoms with Crippen LogP contribution in [-0.2, 0) is 0 Å². The molecule has 3 heterocycles. The zero-order chi connectivity index (χ0) is 34.2. The van der Waals surface area contributed by atoms with Crippen LogP contribution in [0.2, 0.25) is 0 Å². The van der Waals surface area contributed by atoms with E-state index >= 15 is 0 Å². The summed E-state index contributed by atoms with van der Waals surface area (Å²) in [5.41, 5.74) is 8.36. The highest BCUT2D eigenvalue weighted by molar-refractivity contribution is 6.16. The summed E-state index contributed by atoms with van der Waals surface area (Å²) in [5.74, 6) is 1.85. The molecule has 0 radical (unpaired) electrons. The van der Waals surface area contributed by atoms with E-state index in [9.17, 15) is 0 Å². The van der Waals surface area contributed by atoms with Crippen LogP contribution >= 0.6 is 0 Å². The molecule has 0 bridgehead atoms. The van der Waals surface area contributed by atoms with Crippen LogP contribution in [0.1, 0.15) is 0 Å². The zero-order valence-electron chi connectivity index (χ0n) is 27.7. The van der Waals surface area contributed by atoms with Crippen LogP contribution in [0.4, 0.5) is 0 Å². The normalized spacial score (nSPS) is 11.8. The third-order valence-electron chi connectivity index (χ3n) is 10.1. The maximum Gasteiger partial charge on any atom is 0.164 e. The number of hydrogen-bond donors (Lipinski definition) is 0.